The summed E-state index contributed by atoms with van der Waals surface area (Å²) in [5.74, 6) is 0.681. The third-order valence-electron chi connectivity index (χ3n) is 3.30. The molecule has 8 nitrogen and oxygen atoms in total. The zero-order chi connectivity index (χ0) is 13.4. The van der Waals surface area contributed by atoms with Crippen LogP contribution in [0.25, 0.3) is 0 Å². The van der Waals surface area contributed by atoms with E-state index in [1.165, 1.54) is 0 Å². The SMILES string of the molecule is Cn1cc(C(N)C(=O)N2CCn3cnnc3C2)cn1. The van der Waals surface area contributed by atoms with E-state index in [1.807, 2.05) is 4.57 Å². The molecule has 0 aliphatic carbocycles. The first kappa shape index (κ1) is 11.8. The Kier molecular flexibility index (Phi) is 2.79. The van der Waals surface area contributed by atoms with Crippen LogP contribution in [-0.4, -0.2) is 41.9 Å². The van der Waals surface area contributed by atoms with Gasteiger partial charge in [0, 0.05) is 31.9 Å². The van der Waals surface area contributed by atoms with E-state index in [-0.39, 0.29) is 5.91 Å². The van der Waals surface area contributed by atoms with Crippen LogP contribution in [0, 0.1) is 0 Å². The summed E-state index contributed by atoms with van der Waals surface area (Å²) >= 11 is 0. The Hall–Kier alpha value is -2.22. The van der Waals surface area contributed by atoms with Crippen LogP contribution in [-0.2, 0) is 24.9 Å². The van der Waals surface area contributed by atoms with Gasteiger partial charge in [-0.1, -0.05) is 0 Å². The fourth-order valence-electron chi connectivity index (χ4n) is 2.19. The molecule has 2 aromatic heterocycles. The average molecular weight is 261 g/mol. The predicted molar refractivity (Wildman–Crippen MR) is 65.6 cm³/mol. The molecule has 1 aliphatic rings. The summed E-state index contributed by atoms with van der Waals surface area (Å²) in [6.45, 7) is 1.78. The lowest BCUT2D eigenvalue weighted by atomic mass is 10.1. The van der Waals surface area contributed by atoms with E-state index in [0.29, 0.717) is 19.6 Å². The van der Waals surface area contributed by atoms with E-state index < -0.39 is 6.04 Å². The number of carbonyl (C=O) groups is 1. The van der Waals surface area contributed by atoms with Crippen LogP contribution in [0.3, 0.4) is 0 Å². The van der Waals surface area contributed by atoms with Crippen molar-refractivity contribution in [1.29, 1.82) is 0 Å². The predicted octanol–water partition coefficient (Wildman–Crippen LogP) is -0.946. The quantitative estimate of drug-likeness (QED) is 0.752. The van der Waals surface area contributed by atoms with Gasteiger partial charge in [-0.05, 0) is 0 Å². The van der Waals surface area contributed by atoms with E-state index in [2.05, 4.69) is 15.3 Å². The number of aryl methyl sites for hydroxylation is 1. The highest BCUT2D eigenvalue weighted by Gasteiger charge is 2.27. The first-order valence-electron chi connectivity index (χ1n) is 6.05. The van der Waals surface area contributed by atoms with Gasteiger partial charge in [-0.15, -0.1) is 10.2 Å². The van der Waals surface area contributed by atoms with E-state index in [4.69, 9.17) is 5.73 Å². The Labute approximate surface area is 109 Å². The average Bonchev–Trinajstić information content (AvgIpc) is 3.04. The van der Waals surface area contributed by atoms with Crippen LogP contribution in [0.15, 0.2) is 18.7 Å². The van der Waals surface area contributed by atoms with Gasteiger partial charge in [0.25, 0.3) is 0 Å². The van der Waals surface area contributed by atoms with Crippen LogP contribution >= 0.6 is 0 Å². The topological polar surface area (TPSA) is 94.9 Å². The molecule has 3 heterocycles. The van der Waals surface area contributed by atoms with Gasteiger partial charge in [0.15, 0.2) is 5.82 Å². The van der Waals surface area contributed by atoms with E-state index in [0.717, 1.165) is 11.4 Å². The van der Waals surface area contributed by atoms with E-state index in [1.54, 1.807) is 35.4 Å². The smallest absolute Gasteiger partial charge is 0.244 e. The number of hydrogen-bond acceptors (Lipinski definition) is 5. The first-order valence-corrected chi connectivity index (χ1v) is 6.05. The van der Waals surface area contributed by atoms with Gasteiger partial charge in [0.05, 0.1) is 12.7 Å². The molecule has 1 unspecified atom stereocenters. The molecule has 0 bridgehead atoms. The fraction of sp³-hybridized carbons (Fsp3) is 0.455. The van der Waals surface area contributed by atoms with Crippen LogP contribution < -0.4 is 5.73 Å². The number of hydrogen-bond donors (Lipinski definition) is 1. The number of carbonyl (C=O) groups excluding carboxylic acids is 1. The Morgan fingerprint density at radius 3 is 3.05 bits per heavy atom. The highest BCUT2D eigenvalue weighted by molar-refractivity contribution is 5.82. The number of fused-ring (bicyclic) bond motifs is 1. The lowest BCUT2D eigenvalue weighted by molar-refractivity contribution is -0.134. The van der Waals surface area contributed by atoms with Crippen molar-refractivity contribution in [3.05, 3.63) is 30.1 Å². The van der Waals surface area contributed by atoms with Gasteiger partial charge in [0.1, 0.15) is 12.4 Å². The maximum absolute atomic E-state index is 12.3. The Morgan fingerprint density at radius 2 is 2.32 bits per heavy atom. The van der Waals surface area contributed by atoms with Crippen LogP contribution in [0.5, 0.6) is 0 Å². The molecule has 3 rings (SSSR count). The minimum absolute atomic E-state index is 0.109. The van der Waals surface area contributed by atoms with Crippen molar-refractivity contribution in [2.45, 2.75) is 19.1 Å². The van der Waals surface area contributed by atoms with Crippen molar-refractivity contribution < 1.29 is 4.79 Å². The van der Waals surface area contributed by atoms with Crippen molar-refractivity contribution in [1.82, 2.24) is 29.4 Å². The second-order valence-corrected chi connectivity index (χ2v) is 4.63. The van der Waals surface area contributed by atoms with Crippen LogP contribution in [0.1, 0.15) is 17.4 Å². The first-order chi connectivity index (χ1) is 9.15. The van der Waals surface area contributed by atoms with E-state index in [9.17, 15) is 4.79 Å². The summed E-state index contributed by atoms with van der Waals surface area (Å²) in [5.41, 5.74) is 6.71. The van der Waals surface area contributed by atoms with Crippen LogP contribution in [0.4, 0.5) is 0 Å². The van der Waals surface area contributed by atoms with Gasteiger partial charge < -0.3 is 15.2 Å². The Morgan fingerprint density at radius 1 is 1.47 bits per heavy atom. The maximum Gasteiger partial charge on any atom is 0.244 e. The number of aromatic nitrogens is 5. The van der Waals surface area contributed by atoms with Crippen molar-refractivity contribution in [2.24, 2.45) is 12.8 Å². The van der Waals surface area contributed by atoms with Crippen molar-refractivity contribution in [3.8, 4) is 0 Å². The Bertz CT molecular complexity index is 602. The molecule has 0 fully saturated rings. The zero-order valence-electron chi connectivity index (χ0n) is 10.6. The molecule has 2 N–H and O–H groups in total. The molecule has 19 heavy (non-hydrogen) atoms. The molecule has 100 valence electrons. The number of nitrogens with two attached hydrogens (primary N) is 1. The molecular formula is C11H15N7O. The fourth-order valence-corrected chi connectivity index (χ4v) is 2.19. The van der Waals surface area contributed by atoms with Gasteiger partial charge >= 0.3 is 0 Å². The number of rotatable bonds is 2. The molecule has 1 amide bonds. The molecule has 1 atom stereocenters. The van der Waals surface area contributed by atoms with Crippen molar-refractivity contribution in [2.75, 3.05) is 6.54 Å². The number of nitrogens with zero attached hydrogens (tertiary/aromatic N) is 6. The largest absolute Gasteiger partial charge is 0.332 e. The highest BCUT2D eigenvalue weighted by atomic mass is 16.2. The summed E-state index contributed by atoms with van der Waals surface area (Å²) in [7, 11) is 1.80. The lowest BCUT2D eigenvalue weighted by Gasteiger charge is -2.28. The summed E-state index contributed by atoms with van der Waals surface area (Å²) < 4.78 is 3.58. The second kappa shape index (κ2) is 4.47. The molecule has 0 aromatic carbocycles. The molecule has 2 aromatic rings. The third kappa shape index (κ3) is 2.10. The molecule has 0 saturated carbocycles. The van der Waals surface area contributed by atoms with Gasteiger partial charge in [-0.2, -0.15) is 5.10 Å². The molecule has 8 heteroatoms. The normalized spacial score (nSPS) is 16.2. The second-order valence-electron chi connectivity index (χ2n) is 4.63. The van der Waals surface area contributed by atoms with Crippen molar-refractivity contribution in [3.63, 3.8) is 0 Å². The summed E-state index contributed by atoms with van der Waals surface area (Å²) in [4.78, 5) is 14.1. The zero-order valence-corrected chi connectivity index (χ0v) is 10.6. The monoisotopic (exact) mass is 261 g/mol. The van der Waals surface area contributed by atoms with Gasteiger partial charge in [-0.3, -0.25) is 9.48 Å². The minimum atomic E-state index is -0.678. The van der Waals surface area contributed by atoms with Crippen molar-refractivity contribution >= 4 is 5.91 Å². The molecule has 0 saturated heterocycles. The molecule has 0 radical (unpaired) electrons. The molecular weight excluding hydrogens is 246 g/mol. The summed E-state index contributed by atoms with van der Waals surface area (Å²) in [6, 6.07) is -0.678. The molecule has 1 aliphatic heterocycles. The minimum Gasteiger partial charge on any atom is -0.332 e. The Balaban J connectivity index is 1.75. The number of amides is 1. The highest BCUT2D eigenvalue weighted by Crippen LogP contribution is 2.16. The summed E-state index contributed by atoms with van der Waals surface area (Å²) in [6.07, 6.45) is 5.06. The third-order valence-corrected chi connectivity index (χ3v) is 3.30. The lowest BCUT2D eigenvalue weighted by Crippen LogP contribution is -2.43. The van der Waals surface area contributed by atoms with Gasteiger partial charge in [-0.25, -0.2) is 0 Å². The van der Waals surface area contributed by atoms with Gasteiger partial charge in [0.2, 0.25) is 5.91 Å². The van der Waals surface area contributed by atoms with Crippen LogP contribution in [0.2, 0.25) is 0 Å². The standard InChI is InChI=1S/C11H15N7O/c1-16-5-8(4-14-16)10(12)11(19)17-2-3-18-7-13-15-9(18)6-17/h4-5,7,10H,2-3,6,12H2,1H3. The maximum atomic E-state index is 12.3. The summed E-state index contributed by atoms with van der Waals surface area (Å²) in [5, 5.41) is 11.9. The molecule has 0 spiro atoms. The van der Waals surface area contributed by atoms with E-state index >= 15 is 0 Å².